The minimum Gasteiger partial charge on any atom is -1.00 e. The molecular formula is C11H15Cl3NO2-. The Morgan fingerprint density at radius 1 is 1.24 bits per heavy atom. The van der Waals surface area contributed by atoms with Gasteiger partial charge in [-0.1, -0.05) is 29.3 Å². The van der Waals surface area contributed by atoms with Crippen molar-refractivity contribution in [2.75, 3.05) is 13.2 Å². The van der Waals surface area contributed by atoms with Crippen molar-refractivity contribution >= 4 is 23.2 Å². The van der Waals surface area contributed by atoms with E-state index in [1.165, 1.54) is 0 Å². The van der Waals surface area contributed by atoms with Crippen LogP contribution in [0.3, 0.4) is 0 Å². The van der Waals surface area contributed by atoms with E-state index in [9.17, 15) is 0 Å². The first-order chi connectivity index (χ1) is 7.50. The third-order valence-corrected chi connectivity index (χ3v) is 3.01. The van der Waals surface area contributed by atoms with E-state index in [1.54, 1.807) is 19.1 Å². The Morgan fingerprint density at radius 3 is 2.29 bits per heavy atom. The van der Waals surface area contributed by atoms with Crippen molar-refractivity contribution in [2.45, 2.75) is 19.0 Å². The monoisotopic (exact) mass is 298 g/mol. The first kappa shape index (κ1) is 17.0. The second-order valence-electron chi connectivity index (χ2n) is 3.97. The molecule has 0 aromatic heterocycles. The molecular weight excluding hydrogens is 284 g/mol. The molecule has 0 saturated heterocycles. The summed E-state index contributed by atoms with van der Waals surface area (Å²) < 4.78 is 0. The number of aliphatic hydroxyl groups excluding tert-OH is 2. The van der Waals surface area contributed by atoms with Crippen LogP contribution >= 0.6 is 23.2 Å². The van der Waals surface area contributed by atoms with Crippen molar-refractivity contribution in [1.82, 2.24) is 5.32 Å². The van der Waals surface area contributed by atoms with E-state index < -0.39 is 5.54 Å². The molecule has 0 fully saturated rings. The molecule has 0 heterocycles. The Morgan fingerprint density at radius 2 is 1.82 bits per heavy atom. The second kappa shape index (κ2) is 7.41. The summed E-state index contributed by atoms with van der Waals surface area (Å²) in [5.74, 6) is 0. The van der Waals surface area contributed by atoms with Crippen molar-refractivity contribution < 1.29 is 22.6 Å². The van der Waals surface area contributed by atoms with Crippen LogP contribution in [0.15, 0.2) is 18.2 Å². The highest BCUT2D eigenvalue weighted by Gasteiger charge is 2.21. The van der Waals surface area contributed by atoms with Crippen molar-refractivity contribution in [1.29, 1.82) is 0 Å². The maximum atomic E-state index is 9.10. The lowest BCUT2D eigenvalue weighted by atomic mass is 10.0. The number of rotatable bonds is 5. The zero-order valence-corrected chi connectivity index (χ0v) is 11.6. The fourth-order valence-electron chi connectivity index (χ4n) is 1.14. The van der Waals surface area contributed by atoms with Crippen LogP contribution in [0.2, 0.25) is 10.0 Å². The number of halogens is 3. The largest absolute Gasteiger partial charge is 1.00 e. The quantitative estimate of drug-likeness (QED) is 0.642. The van der Waals surface area contributed by atoms with E-state index in [-0.39, 0.29) is 25.6 Å². The topological polar surface area (TPSA) is 52.5 Å². The van der Waals surface area contributed by atoms with Crippen LogP contribution < -0.4 is 17.7 Å². The smallest absolute Gasteiger partial charge is 0.0633 e. The van der Waals surface area contributed by atoms with Crippen molar-refractivity contribution in [3.63, 3.8) is 0 Å². The molecule has 3 N–H and O–H groups in total. The first-order valence-electron chi connectivity index (χ1n) is 4.91. The summed E-state index contributed by atoms with van der Waals surface area (Å²) in [6, 6.07) is 5.22. The molecule has 0 aliphatic heterocycles. The van der Waals surface area contributed by atoms with E-state index in [4.69, 9.17) is 33.4 Å². The van der Waals surface area contributed by atoms with Gasteiger partial charge in [-0.25, -0.2) is 0 Å². The molecule has 98 valence electrons. The fraction of sp³-hybridized carbons (Fsp3) is 0.455. The Hall–Kier alpha value is -0.0300. The van der Waals surface area contributed by atoms with Crippen LogP contribution in [0.5, 0.6) is 0 Å². The van der Waals surface area contributed by atoms with Gasteiger partial charge in [0.1, 0.15) is 0 Å². The fourth-order valence-corrected chi connectivity index (χ4v) is 1.61. The Balaban J connectivity index is 0.00000256. The van der Waals surface area contributed by atoms with E-state index in [2.05, 4.69) is 5.32 Å². The number of nitrogens with one attached hydrogen (secondary N) is 1. The molecule has 0 atom stereocenters. The highest BCUT2D eigenvalue weighted by molar-refractivity contribution is 6.35. The van der Waals surface area contributed by atoms with E-state index in [1.807, 2.05) is 6.07 Å². The van der Waals surface area contributed by atoms with Gasteiger partial charge in [0.2, 0.25) is 0 Å². The lowest BCUT2D eigenvalue weighted by Crippen LogP contribution is -3.00. The van der Waals surface area contributed by atoms with Crippen LogP contribution in [0.1, 0.15) is 12.5 Å². The molecule has 0 aliphatic carbocycles. The molecule has 0 spiro atoms. The Kier molecular flexibility index (Phi) is 7.40. The van der Waals surface area contributed by atoms with Crippen molar-refractivity contribution in [3.05, 3.63) is 33.8 Å². The van der Waals surface area contributed by atoms with Gasteiger partial charge in [-0.15, -0.1) is 0 Å². The minimum atomic E-state index is -0.705. The molecule has 1 aromatic carbocycles. The lowest BCUT2D eigenvalue weighted by Gasteiger charge is -2.26. The van der Waals surface area contributed by atoms with Gasteiger partial charge in [0, 0.05) is 16.6 Å². The second-order valence-corrected chi connectivity index (χ2v) is 4.81. The van der Waals surface area contributed by atoms with Gasteiger partial charge < -0.3 is 27.9 Å². The summed E-state index contributed by atoms with van der Waals surface area (Å²) in [4.78, 5) is 0. The molecule has 0 unspecified atom stereocenters. The zero-order chi connectivity index (χ0) is 12.2. The standard InChI is InChI=1S/C11H15Cl2NO2.ClH/c1-11(6-15,7-16)14-5-8-2-3-9(12)4-10(8)13;/h2-4,14-16H,5-7H2,1H3;1H/p-1. The summed E-state index contributed by atoms with van der Waals surface area (Å²) in [7, 11) is 0. The van der Waals surface area contributed by atoms with Gasteiger partial charge in [0.05, 0.1) is 18.8 Å². The van der Waals surface area contributed by atoms with Gasteiger partial charge in [-0.2, -0.15) is 0 Å². The van der Waals surface area contributed by atoms with Crippen LogP contribution in [0.25, 0.3) is 0 Å². The summed E-state index contributed by atoms with van der Waals surface area (Å²) in [6.45, 7) is 1.91. The first-order valence-corrected chi connectivity index (χ1v) is 5.67. The molecule has 0 bridgehead atoms. The molecule has 3 nitrogen and oxygen atoms in total. The highest BCUT2D eigenvalue weighted by atomic mass is 35.5. The maximum Gasteiger partial charge on any atom is 0.0633 e. The normalized spacial score (nSPS) is 11.1. The number of benzene rings is 1. The molecule has 1 aromatic rings. The van der Waals surface area contributed by atoms with Gasteiger partial charge >= 0.3 is 0 Å². The third-order valence-electron chi connectivity index (χ3n) is 2.42. The summed E-state index contributed by atoms with van der Waals surface area (Å²) >= 11 is 11.8. The number of hydrogen-bond donors (Lipinski definition) is 3. The van der Waals surface area contributed by atoms with Gasteiger partial charge in [-0.3, -0.25) is 0 Å². The van der Waals surface area contributed by atoms with Crippen molar-refractivity contribution in [3.8, 4) is 0 Å². The maximum absolute atomic E-state index is 9.10. The minimum absolute atomic E-state index is 0. The van der Waals surface area contributed by atoms with Crippen molar-refractivity contribution in [2.24, 2.45) is 0 Å². The van der Waals surface area contributed by atoms with E-state index in [0.717, 1.165) is 5.56 Å². The SMILES string of the molecule is CC(CO)(CO)NCc1ccc(Cl)cc1Cl.[Cl-]. The number of aliphatic hydroxyl groups is 2. The zero-order valence-electron chi connectivity index (χ0n) is 9.38. The van der Waals surface area contributed by atoms with Crippen LogP contribution in [0, 0.1) is 0 Å². The summed E-state index contributed by atoms with van der Waals surface area (Å²) in [5, 5.41) is 22.4. The molecule has 17 heavy (non-hydrogen) atoms. The molecule has 0 amide bonds. The predicted octanol–water partition coefficient (Wildman–Crippen LogP) is -1.17. The lowest BCUT2D eigenvalue weighted by molar-refractivity contribution is -0.00000538. The van der Waals surface area contributed by atoms with Crippen LogP contribution in [-0.2, 0) is 6.54 Å². The van der Waals surface area contributed by atoms with Crippen LogP contribution in [0.4, 0.5) is 0 Å². The van der Waals surface area contributed by atoms with Gasteiger partial charge in [0.25, 0.3) is 0 Å². The molecule has 0 radical (unpaired) electrons. The number of hydrogen-bond acceptors (Lipinski definition) is 3. The molecule has 1 rings (SSSR count). The summed E-state index contributed by atoms with van der Waals surface area (Å²) in [6.07, 6.45) is 0. The molecule has 0 aliphatic rings. The third kappa shape index (κ3) is 5.00. The summed E-state index contributed by atoms with van der Waals surface area (Å²) in [5.41, 5.74) is 0.169. The van der Waals surface area contributed by atoms with Gasteiger partial charge in [-0.05, 0) is 24.6 Å². The van der Waals surface area contributed by atoms with E-state index >= 15 is 0 Å². The highest BCUT2D eigenvalue weighted by Crippen LogP contribution is 2.21. The Bertz CT molecular complexity index is 357. The average Bonchev–Trinajstić information content (AvgIpc) is 2.27. The average molecular weight is 300 g/mol. The molecule has 6 heteroatoms. The van der Waals surface area contributed by atoms with Crippen LogP contribution in [-0.4, -0.2) is 29.0 Å². The molecule has 0 saturated carbocycles. The van der Waals surface area contributed by atoms with E-state index in [0.29, 0.717) is 16.6 Å². The van der Waals surface area contributed by atoms with Gasteiger partial charge in [0.15, 0.2) is 0 Å². The Labute approximate surface area is 117 Å². The predicted molar refractivity (Wildman–Crippen MR) is 65.9 cm³/mol.